The molecule has 0 bridgehead atoms. The van der Waals surface area contributed by atoms with E-state index in [2.05, 4.69) is 26.4 Å². The largest absolute Gasteiger partial charge is 0.308 e. The molecule has 0 fully saturated rings. The van der Waals surface area contributed by atoms with Gasteiger partial charge in [-0.3, -0.25) is 4.98 Å². The first-order chi connectivity index (χ1) is 8.10. The highest BCUT2D eigenvalue weighted by atomic mass is 15.3. The van der Waals surface area contributed by atoms with Crippen molar-refractivity contribution in [1.29, 1.82) is 0 Å². The second kappa shape index (κ2) is 4.47. The van der Waals surface area contributed by atoms with E-state index < -0.39 is 0 Å². The van der Waals surface area contributed by atoms with Gasteiger partial charge in [0.1, 0.15) is 11.5 Å². The lowest BCUT2D eigenvalue weighted by Crippen LogP contribution is -2.10. The molecule has 0 atom stereocenters. The summed E-state index contributed by atoms with van der Waals surface area (Å²) in [7, 11) is 0. The van der Waals surface area contributed by atoms with Gasteiger partial charge in [-0.15, -0.1) is 0 Å². The lowest BCUT2D eigenvalue weighted by atomic mass is 10.1. The van der Waals surface area contributed by atoms with E-state index in [0.29, 0.717) is 11.6 Å². The van der Waals surface area contributed by atoms with Gasteiger partial charge >= 0.3 is 0 Å². The Labute approximate surface area is 100 Å². The summed E-state index contributed by atoms with van der Waals surface area (Å²) < 4.78 is 0. The number of nitrogens with two attached hydrogens (primary N) is 1. The lowest BCUT2D eigenvalue weighted by molar-refractivity contribution is 1.06. The van der Waals surface area contributed by atoms with Crippen molar-refractivity contribution in [2.75, 3.05) is 5.43 Å². The molecule has 17 heavy (non-hydrogen) atoms. The Hall–Kier alpha value is -2.01. The molecule has 0 spiro atoms. The molecular formula is C12H15N5. The number of hydrogen-bond acceptors (Lipinski definition) is 5. The fraction of sp³-hybridized carbons (Fsp3) is 0.250. The number of hydrogen-bond donors (Lipinski definition) is 2. The van der Waals surface area contributed by atoms with E-state index in [0.717, 1.165) is 22.5 Å². The Morgan fingerprint density at radius 3 is 2.53 bits per heavy atom. The summed E-state index contributed by atoms with van der Waals surface area (Å²) in [4.78, 5) is 13.0. The maximum Gasteiger partial charge on any atom is 0.180 e. The monoisotopic (exact) mass is 229 g/mol. The summed E-state index contributed by atoms with van der Waals surface area (Å²) in [6, 6.07) is 3.84. The Kier molecular flexibility index (Phi) is 3.01. The molecule has 2 rings (SSSR count). The van der Waals surface area contributed by atoms with Crippen molar-refractivity contribution < 1.29 is 0 Å². The number of nitrogens with zero attached hydrogens (tertiary/aromatic N) is 3. The fourth-order valence-corrected chi connectivity index (χ4v) is 1.70. The van der Waals surface area contributed by atoms with Crippen molar-refractivity contribution in [3.05, 3.63) is 35.2 Å². The molecule has 0 aliphatic heterocycles. The molecule has 5 nitrogen and oxygen atoms in total. The van der Waals surface area contributed by atoms with Crippen LogP contribution in [0.15, 0.2) is 18.3 Å². The van der Waals surface area contributed by atoms with Crippen LogP contribution in [0.3, 0.4) is 0 Å². The van der Waals surface area contributed by atoms with Crippen LogP contribution in [0.4, 0.5) is 5.82 Å². The van der Waals surface area contributed by atoms with E-state index in [1.54, 1.807) is 6.07 Å². The van der Waals surface area contributed by atoms with E-state index in [4.69, 9.17) is 5.84 Å². The smallest absolute Gasteiger partial charge is 0.180 e. The van der Waals surface area contributed by atoms with Gasteiger partial charge < -0.3 is 5.43 Å². The molecule has 0 saturated carbocycles. The number of anilines is 1. The van der Waals surface area contributed by atoms with Gasteiger partial charge in [0.05, 0.1) is 0 Å². The molecule has 5 heteroatoms. The second-order valence-corrected chi connectivity index (χ2v) is 4.04. The molecule has 88 valence electrons. The number of aryl methyl sites for hydroxylation is 3. The normalized spacial score (nSPS) is 10.4. The molecule has 3 N–H and O–H groups in total. The summed E-state index contributed by atoms with van der Waals surface area (Å²) in [5, 5.41) is 0. The average molecular weight is 229 g/mol. The molecule has 2 aromatic heterocycles. The number of nitrogen functional groups attached to an aromatic ring is 1. The molecule has 0 unspecified atom stereocenters. The standard InChI is InChI=1S/C12H15N5/c1-7-4-8(2)11(14-6-7)12-15-9(3)5-10(16-12)17-13/h4-6H,13H2,1-3H3,(H,15,16,17). The van der Waals surface area contributed by atoms with E-state index >= 15 is 0 Å². The minimum Gasteiger partial charge on any atom is -0.308 e. The van der Waals surface area contributed by atoms with Gasteiger partial charge in [-0.05, 0) is 31.9 Å². The Bertz CT molecular complexity index is 551. The number of nitrogens with one attached hydrogen (secondary N) is 1. The third-order valence-corrected chi connectivity index (χ3v) is 2.43. The number of rotatable bonds is 2. The Morgan fingerprint density at radius 1 is 1.12 bits per heavy atom. The van der Waals surface area contributed by atoms with Gasteiger partial charge in [0.2, 0.25) is 0 Å². The highest BCUT2D eigenvalue weighted by Crippen LogP contribution is 2.19. The number of hydrazine groups is 1. The molecule has 0 amide bonds. The molecule has 0 radical (unpaired) electrons. The van der Waals surface area contributed by atoms with Crippen LogP contribution in [0, 0.1) is 20.8 Å². The van der Waals surface area contributed by atoms with Gasteiger partial charge in [0, 0.05) is 18.0 Å². The maximum atomic E-state index is 5.37. The van der Waals surface area contributed by atoms with Crippen LogP contribution >= 0.6 is 0 Å². The lowest BCUT2D eigenvalue weighted by Gasteiger charge is -2.07. The molecule has 0 aliphatic rings. The van der Waals surface area contributed by atoms with Crippen molar-refractivity contribution in [1.82, 2.24) is 15.0 Å². The predicted molar refractivity (Wildman–Crippen MR) is 67.3 cm³/mol. The van der Waals surface area contributed by atoms with Crippen LogP contribution in [0.25, 0.3) is 11.5 Å². The minimum absolute atomic E-state index is 0.592. The van der Waals surface area contributed by atoms with Crippen molar-refractivity contribution in [2.24, 2.45) is 5.84 Å². The van der Waals surface area contributed by atoms with E-state index in [9.17, 15) is 0 Å². The predicted octanol–water partition coefficient (Wildman–Crippen LogP) is 1.75. The third kappa shape index (κ3) is 2.39. The van der Waals surface area contributed by atoms with Gasteiger partial charge in [-0.1, -0.05) is 6.07 Å². The summed E-state index contributed by atoms with van der Waals surface area (Å²) in [5.74, 6) is 6.55. The first-order valence-electron chi connectivity index (χ1n) is 5.36. The zero-order chi connectivity index (χ0) is 12.4. The average Bonchev–Trinajstić information content (AvgIpc) is 2.28. The minimum atomic E-state index is 0.592. The number of aromatic nitrogens is 3. The van der Waals surface area contributed by atoms with Gasteiger partial charge in [-0.2, -0.15) is 0 Å². The topological polar surface area (TPSA) is 76.7 Å². The van der Waals surface area contributed by atoms with Crippen molar-refractivity contribution >= 4 is 5.82 Å². The molecule has 2 heterocycles. The SMILES string of the molecule is Cc1cnc(-c2nc(C)cc(NN)n2)c(C)c1. The van der Waals surface area contributed by atoms with Crippen molar-refractivity contribution in [3.8, 4) is 11.5 Å². The number of pyridine rings is 1. The molecular weight excluding hydrogens is 214 g/mol. The summed E-state index contributed by atoms with van der Waals surface area (Å²) >= 11 is 0. The Morgan fingerprint density at radius 2 is 1.88 bits per heavy atom. The molecule has 2 aromatic rings. The highest BCUT2D eigenvalue weighted by Gasteiger charge is 2.08. The van der Waals surface area contributed by atoms with Crippen LogP contribution in [-0.4, -0.2) is 15.0 Å². The summed E-state index contributed by atoms with van der Waals surface area (Å²) in [5.41, 5.74) is 6.34. The van der Waals surface area contributed by atoms with Crippen molar-refractivity contribution in [3.63, 3.8) is 0 Å². The summed E-state index contributed by atoms with van der Waals surface area (Å²) in [6.07, 6.45) is 1.81. The molecule has 0 aliphatic carbocycles. The molecule has 0 aromatic carbocycles. The van der Waals surface area contributed by atoms with E-state index in [-0.39, 0.29) is 0 Å². The van der Waals surface area contributed by atoms with Crippen LogP contribution in [-0.2, 0) is 0 Å². The van der Waals surface area contributed by atoms with E-state index in [1.165, 1.54) is 0 Å². The first kappa shape index (κ1) is 11.5. The molecule has 0 saturated heterocycles. The van der Waals surface area contributed by atoms with E-state index in [1.807, 2.05) is 27.0 Å². The highest BCUT2D eigenvalue weighted by molar-refractivity contribution is 5.57. The van der Waals surface area contributed by atoms with Gasteiger partial charge in [0.15, 0.2) is 5.82 Å². The van der Waals surface area contributed by atoms with Crippen LogP contribution < -0.4 is 11.3 Å². The maximum absolute atomic E-state index is 5.37. The zero-order valence-corrected chi connectivity index (χ0v) is 10.2. The third-order valence-electron chi connectivity index (χ3n) is 2.43. The van der Waals surface area contributed by atoms with Crippen LogP contribution in [0.5, 0.6) is 0 Å². The quantitative estimate of drug-likeness (QED) is 0.606. The fourth-order valence-electron chi connectivity index (χ4n) is 1.70. The first-order valence-corrected chi connectivity index (χ1v) is 5.36. The van der Waals surface area contributed by atoms with Gasteiger partial charge in [-0.25, -0.2) is 15.8 Å². The van der Waals surface area contributed by atoms with Crippen LogP contribution in [0.2, 0.25) is 0 Å². The zero-order valence-electron chi connectivity index (χ0n) is 10.2. The summed E-state index contributed by atoms with van der Waals surface area (Å²) in [6.45, 7) is 5.90. The van der Waals surface area contributed by atoms with Crippen LogP contribution in [0.1, 0.15) is 16.8 Å². The van der Waals surface area contributed by atoms with Gasteiger partial charge in [0.25, 0.3) is 0 Å². The second-order valence-electron chi connectivity index (χ2n) is 4.04. The Balaban J connectivity index is 2.55. The van der Waals surface area contributed by atoms with Crippen molar-refractivity contribution in [2.45, 2.75) is 20.8 Å².